The van der Waals surface area contributed by atoms with Crippen LogP contribution < -0.4 is 0 Å². The fraction of sp³-hybridized carbons (Fsp3) is 0.136. The van der Waals surface area contributed by atoms with Crippen molar-refractivity contribution in [1.29, 1.82) is 0 Å². The number of halogens is 2. The molecule has 5 heterocycles. The number of benzene rings is 1. The van der Waals surface area contributed by atoms with Crippen LogP contribution in [0.3, 0.4) is 0 Å². The quantitative estimate of drug-likeness (QED) is 0.247. The molecule has 0 aliphatic carbocycles. The molecule has 0 bridgehead atoms. The van der Waals surface area contributed by atoms with E-state index in [1.165, 1.54) is 39.0 Å². The zero-order valence-corrected chi connectivity index (χ0v) is 18.8. The summed E-state index contributed by atoms with van der Waals surface area (Å²) >= 11 is 1.22. The van der Waals surface area contributed by atoms with Crippen molar-refractivity contribution in [3.05, 3.63) is 76.1 Å². The Morgan fingerprint density at radius 1 is 1.14 bits per heavy atom. The number of fused-ring (bicyclic) bond motifs is 5. The predicted molar refractivity (Wildman–Crippen MR) is 125 cm³/mol. The second-order valence-corrected chi connectivity index (χ2v) is 8.82. The van der Waals surface area contributed by atoms with E-state index >= 15 is 0 Å². The molecule has 1 aromatic carbocycles. The maximum atomic E-state index is 13.6. The van der Waals surface area contributed by atoms with Crippen LogP contribution in [0.2, 0.25) is 0 Å². The van der Waals surface area contributed by atoms with Crippen LogP contribution >= 0.6 is 11.3 Å². The molecule has 0 radical (unpaired) electrons. The fourth-order valence-corrected chi connectivity index (χ4v) is 5.13. The van der Waals surface area contributed by atoms with Gasteiger partial charge >= 0.3 is 5.82 Å². The Hall–Kier alpha value is -4.39. The molecule has 0 saturated carbocycles. The predicted octanol–water partition coefficient (Wildman–Crippen LogP) is 4.95. The van der Waals surface area contributed by atoms with Gasteiger partial charge in [-0.1, -0.05) is 30.3 Å². The van der Waals surface area contributed by atoms with E-state index in [0.717, 1.165) is 5.56 Å². The number of aromatic nitrogens is 7. The van der Waals surface area contributed by atoms with Gasteiger partial charge in [0.25, 0.3) is 6.43 Å². The number of thiophene rings is 1. The minimum atomic E-state index is -2.72. The SMILES string of the molecule is Cc1cc([N+](=O)[O-])nn1Cc1nc2c3sc4nc(C(F)F)cc(-c5ccccc5)c4c3ncn2n1. The van der Waals surface area contributed by atoms with Crippen LogP contribution in [0.15, 0.2) is 48.8 Å². The lowest BCUT2D eigenvalue weighted by Crippen LogP contribution is -2.06. The van der Waals surface area contributed by atoms with Crippen LogP contribution in [0.25, 0.3) is 37.2 Å². The standard InChI is InChI=1S/C22H14F2N8O2S/c1-11-7-16(32(33)34)29-30(11)9-15-27-21-19-18(25-10-31(21)28-15)17-13(12-5-3-2-4-6-12)8-14(20(23)24)26-22(17)35-19/h2-8,10,20H,9H2,1H3. The highest BCUT2D eigenvalue weighted by Crippen LogP contribution is 2.40. The molecule has 0 fully saturated rings. The van der Waals surface area contributed by atoms with Gasteiger partial charge in [0.1, 0.15) is 28.1 Å². The first-order chi connectivity index (χ1) is 16.9. The lowest BCUT2D eigenvalue weighted by molar-refractivity contribution is -0.389. The second-order valence-electron chi connectivity index (χ2n) is 7.82. The fourth-order valence-electron chi connectivity index (χ4n) is 3.99. The third-order valence-electron chi connectivity index (χ3n) is 5.59. The first-order valence-electron chi connectivity index (χ1n) is 10.4. The topological polar surface area (TPSA) is 117 Å². The number of hydrogen-bond donors (Lipinski definition) is 0. The van der Waals surface area contributed by atoms with Crippen LogP contribution in [-0.2, 0) is 6.54 Å². The molecular formula is C22H14F2N8O2S. The first-order valence-corrected chi connectivity index (χ1v) is 11.2. The average molecular weight is 492 g/mol. The van der Waals surface area contributed by atoms with Crippen LogP contribution in [-0.4, -0.2) is 39.3 Å². The number of nitrogens with zero attached hydrogens (tertiary/aromatic N) is 8. The van der Waals surface area contributed by atoms with Crippen molar-refractivity contribution >= 4 is 43.2 Å². The molecule has 174 valence electrons. The lowest BCUT2D eigenvalue weighted by atomic mass is 10.0. The second kappa shape index (κ2) is 7.84. The normalized spacial score (nSPS) is 11.9. The average Bonchev–Trinajstić information content (AvgIpc) is 3.53. The summed E-state index contributed by atoms with van der Waals surface area (Å²) in [7, 11) is 0. The third-order valence-corrected chi connectivity index (χ3v) is 6.65. The zero-order chi connectivity index (χ0) is 24.3. The van der Waals surface area contributed by atoms with Gasteiger partial charge in [0.05, 0.1) is 22.4 Å². The summed E-state index contributed by atoms with van der Waals surface area (Å²) < 4.78 is 30.9. The van der Waals surface area contributed by atoms with Crippen molar-refractivity contribution in [2.24, 2.45) is 0 Å². The van der Waals surface area contributed by atoms with E-state index in [0.29, 0.717) is 43.2 Å². The Labute approximate surface area is 198 Å². The Kier molecular flexibility index (Phi) is 4.74. The van der Waals surface area contributed by atoms with Gasteiger partial charge in [0, 0.05) is 5.39 Å². The molecule has 0 atom stereocenters. The van der Waals surface area contributed by atoms with Gasteiger partial charge in [-0.05, 0) is 29.0 Å². The number of alkyl halides is 2. The van der Waals surface area contributed by atoms with Crippen LogP contribution in [0.1, 0.15) is 23.6 Å². The lowest BCUT2D eigenvalue weighted by Gasteiger charge is -2.07. The minimum Gasteiger partial charge on any atom is -0.358 e. The molecule has 0 amide bonds. The van der Waals surface area contributed by atoms with E-state index in [1.807, 2.05) is 30.3 Å². The van der Waals surface area contributed by atoms with E-state index < -0.39 is 11.3 Å². The van der Waals surface area contributed by atoms with Gasteiger partial charge in [-0.3, -0.25) is 0 Å². The molecule has 6 rings (SSSR count). The Bertz CT molecular complexity index is 1760. The molecule has 0 N–H and O–H groups in total. The van der Waals surface area contributed by atoms with Crippen molar-refractivity contribution in [3.8, 4) is 11.1 Å². The number of nitro groups is 1. The molecule has 10 nitrogen and oxygen atoms in total. The summed E-state index contributed by atoms with van der Waals surface area (Å²) in [5.74, 6) is 0.122. The van der Waals surface area contributed by atoms with Gasteiger partial charge in [-0.15, -0.1) is 16.4 Å². The van der Waals surface area contributed by atoms with Crippen molar-refractivity contribution in [3.63, 3.8) is 0 Å². The number of hydrogen-bond acceptors (Lipinski definition) is 8. The van der Waals surface area contributed by atoms with E-state index in [4.69, 9.17) is 0 Å². The smallest absolute Gasteiger partial charge is 0.358 e. The summed E-state index contributed by atoms with van der Waals surface area (Å²) in [6.07, 6.45) is -1.21. The number of aryl methyl sites for hydroxylation is 1. The number of rotatable bonds is 5. The third kappa shape index (κ3) is 3.47. The van der Waals surface area contributed by atoms with Crippen molar-refractivity contribution in [2.45, 2.75) is 19.9 Å². The van der Waals surface area contributed by atoms with E-state index in [2.05, 4.69) is 25.1 Å². The summed E-state index contributed by atoms with van der Waals surface area (Å²) in [5.41, 5.74) is 2.77. The van der Waals surface area contributed by atoms with Crippen molar-refractivity contribution in [2.75, 3.05) is 0 Å². The molecule has 0 aliphatic heterocycles. The van der Waals surface area contributed by atoms with E-state index in [9.17, 15) is 18.9 Å². The Balaban J connectivity index is 1.54. The Morgan fingerprint density at radius 3 is 2.66 bits per heavy atom. The monoisotopic (exact) mass is 492 g/mol. The highest BCUT2D eigenvalue weighted by molar-refractivity contribution is 7.26. The maximum Gasteiger partial charge on any atom is 0.390 e. The van der Waals surface area contributed by atoms with E-state index in [1.54, 1.807) is 6.92 Å². The summed E-state index contributed by atoms with van der Waals surface area (Å²) in [6.45, 7) is 1.83. The van der Waals surface area contributed by atoms with Crippen LogP contribution in [0.5, 0.6) is 0 Å². The summed E-state index contributed by atoms with van der Waals surface area (Å²) in [4.78, 5) is 24.3. The van der Waals surface area contributed by atoms with Crippen molar-refractivity contribution < 1.29 is 13.7 Å². The first kappa shape index (κ1) is 21.2. The highest BCUT2D eigenvalue weighted by Gasteiger charge is 2.22. The molecule has 6 aromatic rings. The van der Waals surface area contributed by atoms with Gasteiger partial charge in [0.2, 0.25) is 0 Å². The number of pyridine rings is 1. The molecular weight excluding hydrogens is 478 g/mol. The molecule has 35 heavy (non-hydrogen) atoms. The largest absolute Gasteiger partial charge is 0.390 e. The Morgan fingerprint density at radius 2 is 1.94 bits per heavy atom. The summed E-state index contributed by atoms with van der Waals surface area (Å²) in [5, 5.41) is 20.1. The molecule has 5 aromatic heterocycles. The van der Waals surface area contributed by atoms with Crippen LogP contribution in [0, 0.1) is 17.0 Å². The van der Waals surface area contributed by atoms with Gasteiger partial charge < -0.3 is 10.1 Å². The minimum absolute atomic E-state index is 0.122. The van der Waals surface area contributed by atoms with Crippen molar-refractivity contribution in [1.82, 2.24) is 34.3 Å². The van der Waals surface area contributed by atoms with Gasteiger partial charge in [0.15, 0.2) is 11.5 Å². The maximum absolute atomic E-state index is 13.6. The molecule has 0 unspecified atom stereocenters. The molecule has 0 saturated heterocycles. The van der Waals surface area contributed by atoms with E-state index in [-0.39, 0.29) is 18.1 Å². The summed E-state index contributed by atoms with van der Waals surface area (Å²) in [6, 6.07) is 12.0. The highest BCUT2D eigenvalue weighted by atomic mass is 32.1. The van der Waals surface area contributed by atoms with Crippen LogP contribution in [0.4, 0.5) is 14.6 Å². The molecule has 13 heteroatoms. The zero-order valence-electron chi connectivity index (χ0n) is 18.0. The molecule has 0 aliphatic rings. The molecule has 0 spiro atoms. The van der Waals surface area contributed by atoms with Gasteiger partial charge in [-0.2, -0.15) is 4.68 Å². The van der Waals surface area contributed by atoms with Gasteiger partial charge in [-0.25, -0.2) is 28.2 Å².